The number of aryl methyl sites for hydroxylation is 2. The number of benzene rings is 1. The Morgan fingerprint density at radius 1 is 1.19 bits per heavy atom. The Kier molecular flexibility index (Phi) is 6.14. The maximum absolute atomic E-state index is 12.3. The van der Waals surface area contributed by atoms with Crippen LogP contribution in [0, 0.1) is 19.8 Å². The van der Waals surface area contributed by atoms with Crippen molar-refractivity contribution in [1.29, 1.82) is 0 Å². The number of hydrogen-bond donors (Lipinski definition) is 1. The van der Waals surface area contributed by atoms with E-state index in [4.69, 9.17) is 4.74 Å². The van der Waals surface area contributed by atoms with Crippen molar-refractivity contribution in [1.82, 2.24) is 4.90 Å². The average Bonchev–Trinajstić information content (AvgIpc) is 3.04. The number of rotatable bonds is 5. The van der Waals surface area contributed by atoms with Crippen LogP contribution in [0.1, 0.15) is 49.7 Å². The molecule has 0 bridgehead atoms. The molecule has 0 radical (unpaired) electrons. The van der Waals surface area contributed by atoms with E-state index in [-0.39, 0.29) is 30.9 Å². The summed E-state index contributed by atoms with van der Waals surface area (Å²) in [6.07, 6.45) is 5.73. The first-order valence-electron chi connectivity index (χ1n) is 9.77. The van der Waals surface area contributed by atoms with Crippen molar-refractivity contribution in [3.63, 3.8) is 0 Å². The van der Waals surface area contributed by atoms with E-state index in [0.717, 1.165) is 36.8 Å². The van der Waals surface area contributed by atoms with Gasteiger partial charge >= 0.3 is 5.97 Å². The lowest BCUT2D eigenvalue weighted by molar-refractivity contribution is -0.151. The highest BCUT2D eigenvalue weighted by Gasteiger charge is 2.39. The van der Waals surface area contributed by atoms with Gasteiger partial charge in [-0.25, -0.2) is 0 Å². The summed E-state index contributed by atoms with van der Waals surface area (Å²) in [6.45, 7) is 3.99. The number of nitrogens with one attached hydrogen (secondary N) is 1. The topological polar surface area (TPSA) is 75.7 Å². The molecule has 2 amide bonds. The lowest BCUT2D eigenvalue weighted by Gasteiger charge is -2.31. The Hall–Kier alpha value is -2.37. The van der Waals surface area contributed by atoms with Gasteiger partial charge in [-0.2, -0.15) is 0 Å². The molecule has 0 spiro atoms. The summed E-state index contributed by atoms with van der Waals surface area (Å²) in [5.74, 6) is -1.27. The molecule has 1 saturated carbocycles. The second-order valence-electron chi connectivity index (χ2n) is 7.71. The summed E-state index contributed by atoms with van der Waals surface area (Å²) in [5, 5.41) is 2.76. The van der Waals surface area contributed by atoms with Gasteiger partial charge in [0.1, 0.15) is 0 Å². The highest BCUT2D eigenvalue weighted by molar-refractivity contribution is 5.94. The Morgan fingerprint density at radius 2 is 1.93 bits per heavy atom. The third kappa shape index (κ3) is 4.87. The zero-order valence-electron chi connectivity index (χ0n) is 16.1. The van der Waals surface area contributed by atoms with Gasteiger partial charge in [0, 0.05) is 24.7 Å². The van der Waals surface area contributed by atoms with Crippen LogP contribution in [0.4, 0.5) is 5.69 Å². The molecule has 1 aliphatic carbocycles. The van der Waals surface area contributed by atoms with Gasteiger partial charge in [0.2, 0.25) is 5.91 Å². The van der Waals surface area contributed by atoms with E-state index in [9.17, 15) is 14.4 Å². The van der Waals surface area contributed by atoms with Crippen LogP contribution < -0.4 is 5.32 Å². The average molecular weight is 372 g/mol. The molecule has 146 valence electrons. The predicted octanol–water partition coefficient (Wildman–Crippen LogP) is 2.97. The smallest absolute Gasteiger partial charge is 0.311 e. The number of carbonyl (C=O) groups excluding carboxylic acids is 3. The molecule has 0 unspecified atom stereocenters. The van der Waals surface area contributed by atoms with Crippen molar-refractivity contribution >= 4 is 23.5 Å². The number of nitrogens with zero attached hydrogens (tertiary/aromatic N) is 1. The van der Waals surface area contributed by atoms with E-state index < -0.39 is 11.9 Å². The number of carbonyl (C=O) groups is 3. The Bertz CT molecular complexity index is 725. The predicted molar refractivity (Wildman–Crippen MR) is 102 cm³/mol. The molecule has 3 rings (SSSR count). The van der Waals surface area contributed by atoms with Crippen LogP contribution in [0.2, 0.25) is 0 Å². The Balaban J connectivity index is 1.47. The van der Waals surface area contributed by atoms with Crippen LogP contribution in [-0.4, -0.2) is 41.9 Å². The van der Waals surface area contributed by atoms with Gasteiger partial charge in [-0.3, -0.25) is 14.4 Å². The van der Waals surface area contributed by atoms with E-state index in [0.29, 0.717) is 12.2 Å². The molecule has 0 aromatic heterocycles. The summed E-state index contributed by atoms with van der Waals surface area (Å²) in [6, 6.07) is 5.99. The second kappa shape index (κ2) is 8.55. The molecule has 1 saturated heterocycles. The molecule has 1 aromatic rings. The largest absolute Gasteiger partial charge is 0.455 e. The van der Waals surface area contributed by atoms with Gasteiger partial charge in [-0.15, -0.1) is 0 Å². The highest BCUT2D eigenvalue weighted by atomic mass is 16.5. The highest BCUT2D eigenvalue weighted by Crippen LogP contribution is 2.29. The number of esters is 1. The fraction of sp³-hybridized carbons (Fsp3) is 0.571. The first kappa shape index (κ1) is 19.4. The van der Waals surface area contributed by atoms with Crippen LogP contribution in [0.5, 0.6) is 0 Å². The van der Waals surface area contributed by atoms with Gasteiger partial charge in [0.25, 0.3) is 5.91 Å². The molecular formula is C21H28N2O4. The SMILES string of the molecule is Cc1ccc(NC(=O)COC(=O)[C@@H]2CC(=O)N(C3CCCCC3)C2)c(C)c1. The minimum Gasteiger partial charge on any atom is -0.455 e. The molecule has 2 fully saturated rings. The summed E-state index contributed by atoms with van der Waals surface area (Å²) in [4.78, 5) is 38.5. The van der Waals surface area contributed by atoms with Crippen molar-refractivity contribution in [3.05, 3.63) is 29.3 Å². The van der Waals surface area contributed by atoms with E-state index in [2.05, 4.69) is 5.32 Å². The fourth-order valence-corrected chi connectivity index (χ4v) is 4.03. The van der Waals surface area contributed by atoms with Crippen molar-refractivity contribution in [3.8, 4) is 0 Å². The molecular weight excluding hydrogens is 344 g/mol. The van der Waals surface area contributed by atoms with Crippen molar-refractivity contribution in [2.45, 2.75) is 58.4 Å². The molecule has 1 N–H and O–H groups in total. The maximum atomic E-state index is 12.3. The minimum absolute atomic E-state index is 0.0311. The van der Waals surface area contributed by atoms with Gasteiger partial charge in [0.15, 0.2) is 6.61 Å². The van der Waals surface area contributed by atoms with Gasteiger partial charge in [-0.1, -0.05) is 37.0 Å². The van der Waals surface area contributed by atoms with E-state index in [1.54, 1.807) is 0 Å². The van der Waals surface area contributed by atoms with Crippen LogP contribution in [0.3, 0.4) is 0 Å². The second-order valence-corrected chi connectivity index (χ2v) is 7.71. The van der Waals surface area contributed by atoms with E-state index >= 15 is 0 Å². The molecule has 1 heterocycles. The van der Waals surface area contributed by atoms with Gasteiger partial charge < -0.3 is 15.0 Å². The van der Waals surface area contributed by atoms with E-state index in [1.165, 1.54) is 6.42 Å². The number of ether oxygens (including phenoxy) is 1. The normalized spacial score (nSPS) is 20.6. The molecule has 6 heteroatoms. The standard InChI is InChI=1S/C21H28N2O4/c1-14-8-9-18(15(2)10-14)22-19(24)13-27-21(26)16-11-20(25)23(12-16)17-6-4-3-5-7-17/h8-10,16-17H,3-7,11-13H2,1-2H3,(H,22,24)/t16-/m1/s1. The summed E-state index contributed by atoms with van der Waals surface area (Å²) >= 11 is 0. The lowest BCUT2D eigenvalue weighted by Crippen LogP contribution is -2.38. The third-order valence-electron chi connectivity index (χ3n) is 5.51. The van der Waals surface area contributed by atoms with Gasteiger partial charge in [-0.05, 0) is 38.3 Å². The molecule has 2 aliphatic rings. The van der Waals surface area contributed by atoms with Crippen molar-refractivity contribution < 1.29 is 19.1 Å². The number of hydrogen-bond acceptors (Lipinski definition) is 4. The van der Waals surface area contributed by atoms with Gasteiger partial charge in [0.05, 0.1) is 5.92 Å². The number of amides is 2. The first-order chi connectivity index (χ1) is 12.9. The van der Waals surface area contributed by atoms with Crippen molar-refractivity contribution in [2.75, 3.05) is 18.5 Å². The Morgan fingerprint density at radius 3 is 2.63 bits per heavy atom. The molecule has 1 aromatic carbocycles. The molecule has 1 aliphatic heterocycles. The summed E-state index contributed by atoms with van der Waals surface area (Å²) in [7, 11) is 0. The zero-order valence-corrected chi connectivity index (χ0v) is 16.1. The molecule has 1 atom stereocenters. The van der Waals surface area contributed by atoms with Crippen LogP contribution in [-0.2, 0) is 19.1 Å². The monoisotopic (exact) mass is 372 g/mol. The molecule has 6 nitrogen and oxygen atoms in total. The third-order valence-corrected chi connectivity index (χ3v) is 5.51. The van der Waals surface area contributed by atoms with Crippen LogP contribution in [0.15, 0.2) is 18.2 Å². The summed E-state index contributed by atoms with van der Waals surface area (Å²) in [5.41, 5.74) is 2.78. The zero-order chi connectivity index (χ0) is 19.4. The minimum atomic E-state index is -0.465. The van der Waals surface area contributed by atoms with Crippen molar-refractivity contribution in [2.24, 2.45) is 5.92 Å². The van der Waals surface area contributed by atoms with E-state index in [1.807, 2.05) is 36.9 Å². The Labute approximate surface area is 160 Å². The fourth-order valence-electron chi connectivity index (χ4n) is 4.03. The van der Waals surface area contributed by atoms with Crippen LogP contribution >= 0.6 is 0 Å². The van der Waals surface area contributed by atoms with Crippen LogP contribution in [0.25, 0.3) is 0 Å². The number of likely N-dealkylation sites (tertiary alicyclic amines) is 1. The molecule has 27 heavy (non-hydrogen) atoms. The lowest BCUT2D eigenvalue weighted by atomic mass is 9.94. The maximum Gasteiger partial charge on any atom is 0.311 e. The summed E-state index contributed by atoms with van der Waals surface area (Å²) < 4.78 is 5.18. The number of anilines is 1. The first-order valence-corrected chi connectivity index (χ1v) is 9.77. The quantitative estimate of drug-likeness (QED) is 0.806.